The fourth-order valence-corrected chi connectivity index (χ4v) is 3.21. The molecule has 1 aromatic heterocycles. The Morgan fingerprint density at radius 2 is 1.93 bits per heavy atom. The highest BCUT2D eigenvalue weighted by atomic mass is 35.5. The van der Waals surface area contributed by atoms with E-state index in [9.17, 15) is 20.3 Å². The molecular weight excluding hydrogens is 390 g/mol. The Kier molecular flexibility index (Phi) is 6.01. The Balaban J connectivity index is 2.18. The van der Waals surface area contributed by atoms with Crippen molar-refractivity contribution in [1.82, 2.24) is 4.57 Å². The lowest BCUT2D eigenvalue weighted by Crippen LogP contribution is -2.26. The third-order valence-corrected chi connectivity index (χ3v) is 4.74. The van der Waals surface area contributed by atoms with Crippen molar-refractivity contribution < 1.29 is 10.2 Å². The first-order valence-electron chi connectivity index (χ1n) is 8.91. The molecule has 29 heavy (non-hydrogen) atoms. The van der Waals surface area contributed by atoms with Gasteiger partial charge in [-0.05, 0) is 35.7 Å². The van der Waals surface area contributed by atoms with Gasteiger partial charge in [-0.1, -0.05) is 48.9 Å². The van der Waals surface area contributed by atoms with Crippen LogP contribution in [-0.2, 0) is 13.0 Å². The molecule has 0 aliphatic carbocycles. The third kappa shape index (κ3) is 4.15. The van der Waals surface area contributed by atoms with Gasteiger partial charge < -0.3 is 10.2 Å². The van der Waals surface area contributed by atoms with Crippen LogP contribution in [0.3, 0.4) is 0 Å². The molecule has 0 unspecified atom stereocenters. The Hall–Kier alpha value is -3.56. The lowest BCUT2D eigenvalue weighted by molar-refractivity contribution is 0.412. The number of phenols is 1. The Morgan fingerprint density at radius 1 is 1.21 bits per heavy atom. The molecule has 0 amide bonds. The average molecular weight is 408 g/mol. The summed E-state index contributed by atoms with van der Waals surface area (Å²) in [4.78, 5) is 17.0. The van der Waals surface area contributed by atoms with Crippen LogP contribution in [0.15, 0.2) is 58.3 Å². The number of nitriles is 1. The van der Waals surface area contributed by atoms with Crippen molar-refractivity contribution in [3.05, 3.63) is 86.2 Å². The highest BCUT2D eigenvalue weighted by Gasteiger charge is 2.20. The summed E-state index contributed by atoms with van der Waals surface area (Å²) in [6.07, 6.45) is 1.68. The van der Waals surface area contributed by atoms with Gasteiger partial charge in [0.15, 0.2) is 0 Å². The summed E-state index contributed by atoms with van der Waals surface area (Å²) >= 11 is 5.95. The first-order chi connectivity index (χ1) is 14.0. The van der Waals surface area contributed by atoms with Gasteiger partial charge in [0.2, 0.25) is 5.88 Å². The normalized spacial score (nSPS) is 10.9. The molecule has 0 aliphatic heterocycles. The number of rotatable bonds is 5. The van der Waals surface area contributed by atoms with E-state index in [-0.39, 0.29) is 35.0 Å². The zero-order chi connectivity index (χ0) is 21.0. The number of pyridine rings is 1. The second kappa shape index (κ2) is 8.63. The zero-order valence-electron chi connectivity index (χ0n) is 15.6. The summed E-state index contributed by atoms with van der Waals surface area (Å²) in [5.41, 5.74) is 1.04. The van der Waals surface area contributed by atoms with Crippen molar-refractivity contribution in [2.45, 2.75) is 19.9 Å². The molecule has 3 aromatic rings. The summed E-state index contributed by atoms with van der Waals surface area (Å²) in [6, 6.07) is 15.5. The van der Waals surface area contributed by atoms with Crippen LogP contribution < -0.4 is 5.56 Å². The zero-order valence-corrected chi connectivity index (χ0v) is 16.4. The van der Waals surface area contributed by atoms with Crippen molar-refractivity contribution in [1.29, 1.82) is 5.26 Å². The van der Waals surface area contributed by atoms with Gasteiger partial charge in [-0.2, -0.15) is 5.26 Å². The molecule has 0 aliphatic rings. The van der Waals surface area contributed by atoms with E-state index in [0.717, 1.165) is 10.1 Å². The minimum atomic E-state index is -0.562. The molecule has 0 fully saturated rings. The summed E-state index contributed by atoms with van der Waals surface area (Å²) in [5, 5.41) is 30.7. The largest absolute Gasteiger partial charge is 0.506 e. The van der Waals surface area contributed by atoms with Crippen LogP contribution >= 0.6 is 11.6 Å². The molecule has 3 rings (SSSR count). The van der Waals surface area contributed by atoms with Gasteiger partial charge in [0.1, 0.15) is 23.1 Å². The Morgan fingerprint density at radius 3 is 2.59 bits per heavy atom. The van der Waals surface area contributed by atoms with Gasteiger partial charge in [-0.25, -0.2) is 0 Å². The van der Waals surface area contributed by atoms with Gasteiger partial charge in [-0.15, -0.1) is 0 Å². The minimum Gasteiger partial charge on any atom is -0.506 e. The monoisotopic (exact) mass is 407 g/mol. The van der Waals surface area contributed by atoms with Crippen molar-refractivity contribution in [3.8, 4) is 17.7 Å². The summed E-state index contributed by atoms with van der Waals surface area (Å²) in [6.45, 7) is 1.89. The number of halogens is 1. The molecule has 0 saturated carbocycles. The lowest BCUT2D eigenvalue weighted by Gasteiger charge is -2.15. The molecular formula is C22H18ClN3O3. The fraction of sp³-hybridized carbons (Fsp3) is 0.136. The SMILES string of the molecule is CCc1c(C=Nc2cc(Cl)ccc2O)c(O)n(Cc2ccccc2)c(=O)c1C#N. The van der Waals surface area contributed by atoms with E-state index in [1.165, 1.54) is 24.4 Å². The van der Waals surface area contributed by atoms with E-state index < -0.39 is 5.56 Å². The summed E-state index contributed by atoms with van der Waals surface area (Å²) < 4.78 is 1.15. The van der Waals surface area contributed by atoms with Crippen LogP contribution in [0.2, 0.25) is 5.02 Å². The molecule has 0 spiro atoms. The topological polar surface area (TPSA) is 98.6 Å². The average Bonchev–Trinajstić information content (AvgIpc) is 2.73. The maximum atomic E-state index is 12.8. The summed E-state index contributed by atoms with van der Waals surface area (Å²) in [5.74, 6) is -0.374. The van der Waals surface area contributed by atoms with Crippen LogP contribution in [0.1, 0.15) is 29.2 Å². The first kappa shape index (κ1) is 20.2. The van der Waals surface area contributed by atoms with E-state index in [1.54, 1.807) is 6.92 Å². The number of hydrogen-bond acceptors (Lipinski definition) is 5. The first-order valence-corrected chi connectivity index (χ1v) is 9.29. The second-order valence-corrected chi connectivity index (χ2v) is 6.76. The maximum Gasteiger partial charge on any atom is 0.271 e. The van der Waals surface area contributed by atoms with Crippen molar-refractivity contribution in [2.24, 2.45) is 4.99 Å². The molecule has 2 N–H and O–H groups in total. The predicted molar refractivity (Wildman–Crippen MR) is 112 cm³/mol. The van der Waals surface area contributed by atoms with Gasteiger partial charge >= 0.3 is 0 Å². The molecule has 0 bridgehead atoms. The van der Waals surface area contributed by atoms with Crippen molar-refractivity contribution in [2.75, 3.05) is 0 Å². The lowest BCUT2D eigenvalue weighted by atomic mass is 10.0. The van der Waals surface area contributed by atoms with Crippen LogP contribution in [0, 0.1) is 11.3 Å². The van der Waals surface area contributed by atoms with Gasteiger partial charge in [0.05, 0.1) is 12.1 Å². The molecule has 2 aromatic carbocycles. The number of aromatic hydroxyl groups is 2. The van der Waals surface area contributed by atoms with Crippen molar-refractivity contribution in [3.63, 3.8) is 0 Å². The quantitative estimate of drug-likeness (QED) is 0.621. The highest BCUT2D eigenvalue weighted by molar-refractivity contribution is 6.30. The third-order valence-electron chi connectivity index (χ3n) is 4.50. The van der Waals surface area contributed by atoms with Gasteiger partial charge in [0.25, 0.3) is 5.56 Å². The van der Waals surface area contributed by atoms with E-state index in [4.69, 9.17) is 11.6 Å². The number of aliphatic imine (C=N–C) groups is 1. The number of aromatic nitrogens is 1. The second-order valence-electron chi connectivity index (χ2n) is 6.32. The number of benzene rings is 2. The number of hydrogen-bond donors (Lipinski definition) is 2. The van der Waals surface area contributed by atoms with Crippen LogP contribution in [-0.4, -0.2) is 21.0 Å². The van der Waals surface area contributed by atoms with E-state index in [1.807, 2.05) is 36.4 Å². The summed E-state index contributed by atoms with van der Waals surface area (Å²) in [7, 11) is 0. The minimum absolute atomic E-state index is 0.0435. The van der Waals surface area contributed by atoms with Crippen LogP contribution in [0.25, 0.3) is 0 Å². The number of nitrogens with zero attached hydrogens (tertiary/aromatic N) is 3. The highest BCUT2D eigenvalue weighted by Crippen LogP contribution is 2.30. The predicted octanol–water partition coefficient (Wildman–Crippen LogP) is 4.15. The molecule has 0 saturated heterocycles. The van der Waals surface area contributed by atoms with E-state index >= 15 is 0 Å². The molecule has 0 radical (unpaired) electrons. The fourth-order valence-electron chi connectivity index (χ4n) is 3.04. The maximum absolute atomic E-state index is 12.8. The van der Waals surface area contributed by atoms with Crippen LogP contribution in [0.4, 0.5) is 5.69 Å². The van der Waals surface area contributed by atoms with Gasteiger partial charge in [-0.3, -0.25) is 14.4 Å². The standard InChI is InChI=1S/C22H18ClN3O3/c1-2-16-17(11-24)21(28)26(13-14-6-4-3-5-7-14)22(29)18(16)12-25-19-10-15(23)8-9-20(19)27/h3-10,12,27,29H,2,13H2,1H3. The van der Waals surface area contributed by atoms with Crippen LogP contribution in [0.5, 0.6) is 11.6 Å². The van der Waals surface area contributed by atoms with Crippen molar-refractivity contribution >= 4 is 23.5 Å². The molecule has 6 nitrogen and oxygen atoms in total. The number of phenolic OH excluding ortho intramolecular Hbond substituents is 1. The van der Waals surface area contributed by atoms with Gasteiger partial charge in [0, 0.05) is 11.2 Å². The van der Waals surface area contributed by atoms with E-state index in [2.05, 4.69) is 4.99 Å². The molecule has 146 valence electrons. The molecule has 7 heteroatoms. The smallest absolute Gasteiger partial charge is 0.271 e. The Labute approximate surface area is 172 Å². The molecule has 1 heterocycles. The van der Waals surface area contributed by atoms with E-state index in [0.29, 0.717) is 17.0 Å². The molecule has 0 atom stereocenters. The Bertz CT molecular complexity index is 1180.